The van der Waals surface area contributed by atoms with Crippen LogP contribution >= 0.6 is 0 Å². The molecule has 1 aliphatic heterocycles. The topological polar surface area (TPSA) is 69.6 Å². The van der Waals surface area contributed by atoms with Gasteiger partial charge in [-0.3, -0.25) is 9.79 Å². The van der Waals surface area contributed by atoms with Gasteiger partial charge in [-0.1, -0.05) is 70.4 Å². The van der Waals surface area contributed by atoms with Crippen LogP contribution < -0.4 is 10.6 Å². The zero-order valence-corrected chi connectivity index (χ0v) is 24.7. The summed E-state index contributed by atoms with van der Waals surface area (Å²) in [5.41, 5.74) is 6.28. The Morgan fingerprint density at radius 1 is 1.02 bits per heavy atom. The van der Waals surface area contributed by atoms with E-state index in [0.29, 0.717) is 5.92 Å². The number of amides is 1. The molecule has 1 amide bonds. The highest BCUT2D eigenvalue weighted by molar-refractivity contribution is 5.96. The molecule has 3 aromatic rings. The first kappa shape index (κ1) is 29.5. The number of para-hydroxylation sites is 1. The van der Waals surface area contributed by atoms with E-state index < -0.39 is 0 Å². The van der Waals surface area contributed by atoms with E-state index in [2.05, 4.69) is 56.5 Å². The number of piperazine rings is 1. The standard InChI is InChI=1S/C34H45N5O/c1-5-10-27(11-6-2)30(12-7-3)37-33-25(4)29-13-8-9-14-31(29)38-34(33)36-28-18-15-26(16-19-28)17-20-32(40)39-23-21-35-22-24-39/h8-9,13-20,27,35H,5-7,10-12,21-24H2,1-4H3,(H,36,38)/b20-17+,37-30+. The number of hydrogen-bond acceptors (Lipinski definition) is 5. The van der Waals surface area contributed by atoms with E-state index in [1.54, 1.807) is 6.08 Å². The zero-order chi connectivity index (χ0) is 28.3. The predicted octanol–water partition coefficient (Wildman–Crippen LogP) is 7.82. The molecule has 0 unspecified atom stereocenters. The minimum atomic E-state index is 0.0642. The van der Waals surface area contributed by atoms with Crippen molar-refractivity contribution >= 4 is 45.8 Å². The Kier molecular flexibility index (Phi) is 10.9. The summed E-state index contributed by atoms with van der Waals surface area (Å²) in [6, 6.07) is 16.4. The number of carbonyl (C=O) groups excluding carboxylic acids is 1. The van der Waals surface area contributed by atoms with Gasteiger partial charge in [-0.2, -0.15) is 0 Å². The number of rotatable bonds is 12. The third-order valence-electron chi connectivity index (χ3n) is 7.65. The second-order valence-corrected chi connectivity index (χ2v) is 10.7. The quantitative estimate of drug-likeness (QED) is 0.182. The highest BCUT2D eigenvalue weighted by Gasteiger charge is 2.18. The molecule has 0 atom stereocenters. The van der Waals surface area contributed by atoms with E-state index in [0.717, 1.165) is 91.1 Å². The van der Waals surface area contributed by atoms with E-state index in [9.17, 15) is 4.79 Å². The lowest BCUT2D eigenvalue weighted by molar-refractivity contribution is -0.126. The van der Waals surface area contributed by atoms with Crippen molar-refractivity contribution in [1.82, 2.24) is 15.2 Å². The predicted molar refractivity (Wildman–Crippen MR) is 170 cm³/mol. The average molecular weight is 540 g/mol. The third kappa shape index (κ3) is 7.57. The monoisotopic (exact) mass is 539 g/mol. The van der Waals surface area contributed by atoms with E-state index in [1.165, 1.54) is 18.6 Å². The second-order valence-electron chi connectivity index (χ2n) is 10.7. The van der Waals surface area contributed by atoms with Crippen LogP contribution in [0.25, 0.3) is 17.0 Å². The van der Waals surface area contributed by atoms with Gasteiger partial charge in [0.05, 0.1) is 5.52 Å². The van der Waals surface area contributed by atoms with Crippen LogP contribution in [0, 0.1) is 12.8 Å². The molecule has 6 nitrogen and oxygen atoms in total. The van der Waals surface area contributed by atoms with Crippen molar-refractivity contribution in [2.24, 2.45) is 10.9 Å². The molecule has 0 bridgehead atoms. The van der Waals surface area contributed by atoms with Gasteiger partial charge < -0.3 is 15.5 Å². The number of nitrogens with one attached hydrogen (secondary N) is 2. The molecule has 1 saturated heterocycles. The van der Waals surface area contributed by atoms with E-state index >= 15 is 0 Å². The maximum atomic E-state index is 12.5. The van der Waals surface area contributed by atoms with E-state index in [-0.39, 0.29) is 5.91 Å². The summed E-state index contributed by atoms with van der Waals surface area (Å²) in [6.45, 7) is 12.2. The Morgan fingerprint density at radius 3 is 2.40 bits per heavy atom. The molecule has 1 aliphatic rings. The Morgan fingerprint density at radius 2 is 1.73 bits per heavy atom. The minimum absolute atomic E-state index is 0.0642. The minimum Gasteiger partial charge on any atom is -0.338 e. The molecule has 2 aromatic carbocycles. The van der Waals surface area contributed by atoms with Gasteiger partial charge in [0.2, 0.25) is 5.91 Å². The van der Waals surface area contributed by atoms with Crippen molar-refractivity contribution < 1.29 is 4.79 Å². The number of aryl methyl sites for hydroxylation is 1. The van der Waals surface area contributed by atoms with Crippen LogP contribution in [0.5, 0.6) is 0 Å². The molecule has 4 rings (SSSR count). The van der Waals surface area contributed by atoms with Gasteiger partial charge in [-0.15, -0.1) is 0 Å². The Hall–Kier alpha value is -3.51. The number of aromatic nitrogens is 1. The fraction of sp³-hybridized carbons (Fsp3) is 0.441. The fourth-order valence-corrected chi connectivity index (χ4v) is 5.49. The van der Waals surface area contributed by atoms with Crippen LogP contribution in [0.1, 0.15) is 70.4 Å². The number of aliphatic imine (C=N–C) groups is 1. The van der Waals surface area contributed by atoms with Crippen molar-refractivity contribution in [2.45, 2.75) is 66.2 Å². The normalized spacial score (nSPS) is 14.4. The van der Waals surface area contributed by atoms with Crippen LogP contribution in [0.2, 0.25) is 0 Å². The SMILES string of the molecule is CCC/C(=N\c1c(Nc2ccc(/C=C/C(=O)N3CCNCC3)cc2)nc2ccccc2c1C)C(CCC)CCC. The largest absolute Gasteiger partial charge is 0.338 e. The summed E-state index contributed by atoms with van der Waals surface area (Å²) in [5, 5.41) is 8.00. The van der Waals surface area contributed by atoms with Crippen molar-refractivity contribution in [3.8, 4) is 0 Å². The number of anilines is 2. The molecule has 2 N–H and O–H groups in total. The van der Waals surface area contributed by atoms with Gasteiger partial charge in [0, 0.05) is 49.0 Å². The third-order valence-corrected chi connectivity index (χ3v) is 7.65. The Bertz CT molecular complexity index is 1320. The van der Waals surface area contributed by atoms with Gasteiger partial charge in [-0.25, -0.2) is 4.98 Å². The van der Waals surface area contributed by atoms with Crippen LogP contribution in [-0.4, -0.2) is 47.7 Å². The van der Waals surface area contributed by atoms with Gasteiger partial charge in [-0.05, 0) is 67.5 Å². The number of pyridine rings is 1. The lowest BCUT2D eigenvalue weighted by Gasteiger charge is -2.26. The first-order valence-electron chi connectivity index (χ1n) is 15.1. The first-order chi connectivity index (χ1) is 19.5. The fourth-order valence-electron chi connectivity index (χ4n) is 5.49. The number of hydrogen-bond donors (Lipinski definition) is 2. The molecule has 0 spiro atoms. The van der Waals surface area contributed by atoms with Crippen molar-refractivity contribution in [3.05, 3.63) is 65.7 Å². The number of fused-ring (bicyclic) bond motifs is 1. The Labute approximate surface area is 240 Å². The van der Waals surface area contributed by atoms with E-state index in [4.69, 9.17) is 9.98 Å². The van der Waals surface area contributed by atoms with Crippen molar-refractivity contribution in [2.75, 3.05) is 31.5 Å². The molecule has 40 heavy (non-hydrogen) atoms. The lowest BCUT2D eigenvalue weighted by atomic mass is 9.90. The molecular formula is C34H45N5O. The van der Waals surface area contributed by atoms with E-state index in [1.807, 2.05) is 41.3 Å². The molecule has 0 saturated carbocycles. The summed E-state index contributed by atoms with van der Waals surface area (Å²) in [6.07, 6.45) is 10.3. The van der Waals surface area contributed by atoms with Gasteiger partial charge in [0.25, 0.3) is 0 Å². The van der Waals surface area contributed by atoms with Crippen LogP contribution in [0.15, 0.2) is 59.6 Å². The van der Waals surface area contributed by atoms with Gasteiger partial charge in [0.15, 0.2) is 5.82 Å². The molecule has 1 aromatic heterocycles. The van der Waals surface area contributed by atoms with Crippen LogP contribution in [0.3, 0.4) is 0 Å². The summed E-state index contributed by atoms with van der Waals surface area (Å²) >= 11 is 0. The summed E-state index contributed by atoms with van der Waals surface area (Å²) in [7, 11) is 0. The average Bonchev–Trinajstić information content (AvgIpc) is 2.98. The molecular weight excluding hydrogens is 494 g/mol. The summed E-state index contributed by atoms with van der Waals surface area (Å²) < 4.78 is 0. The number of nitrogens with zero attached hydrogens (tertiary/aromatic N) is 3. The molecule has 6 heteroatoms. The highest BCUT2D eigenvalue weighted by Crippen LogP contribution is 2.36. The molecule has 1 fully saturated rings. The maximum Gasteiger partial charge on any atom is 0.246 e. The molecule has 2 heterocycles. The molecule has 212 valence electrons. The van der Waals surface area contributed by atoms with Crippen LogP contribution in [-0.2, 0) is 4.79 Å². The van der Waals surface area contributed by atoms with Crippen molar-refractivity contribution in [1.29, 1.82) is 0 Å². The number of carbonyl (C=O) groups is 1. The zero-order valence-electron chi connectivity index (χ0n) is 24.7. The summed E-state index contributed by atoms with van der Waals surface area (Å²) in [4.78, 5) is 24.8. The maximum absolute atomic E-state index is 12.5. The highest BCUT2D eigenvalue weighted by atomic mass is 16.2. The molecule has 0 radical (unpaired) electrons. The second kappa shape index (κ2) is 14.8. The van der Waals surface area contributed by atoms with Gasteiger partial charge >= 0.3 is 0 Å². The smallest absolute Gasteiger partial charge is 0.246 e. The number of benzene rings is 2. The van der Waals surface area contributed by atoms with Gasteiger partial charge in [0.1, 0.15) is 5.69 Å². The first-order valence-corrected chi connectivity index (χ1v) is 15.1. The van der Waals surface area contributed by atoms with Crippen molar-refractivity contribution in [3.63, 3.8) is 0 Å². The Balaban J connectivity index is 1.64. The van der Waals surface area contributed by atoms with Crippen LogP contribution in [0.4, 0.5) is 17.2 Å². The lowest BCUT2D eigenvalue weighted by Crippen LogP contribution is -2.45. The summed E-state index contributed by atoms with van der Waals surface area (Å²) in [5.74, 6) is 1.35. The molecule has 0 aliphatic carbocycles.